The normalized spacial score (nSPS) is 10.0. The first kappa shape index (κ1) is 15.2. The lowest BCUT2D eigenvalue weighted by atomic mass is 10.3. The summed E-state index contributed by atoms with van der Waals surface area (Å²) in [7, 11) is 0. The van der Waals surface area contributed by atoms with Crippen LogP contribution in [0.5, 0.6) is 5.75 Å². The van der Waals surface area contributed by atoms with Crippen LogP contribution in [0, 0.1) is 0 Å². The van der Waals surface area contributed by atoms with Crippen LogP contribution in [-0.2, 0) is 4.79 Å². The van der Waals surface area contributed by atoms with Gasteiger partial charge in [0, 0.05) is 25.2 Å². The van der Waals surface area contributed by atoms with Gasteiger partial charge in [0.15, 0.2) is 0 Å². The van der Waals surface area contributed by atoms with Crippen molar-refractivity contribution in [1.29, 1.82) is 0 Å². The van der Waals surface area contributed by atoms with Crippen molar-refractivity contribution in [2.75, 3.05) is 25.0 Å². The minimum Gasteiger partial charge on any atom is -0.489 e. The molecule has 0 bridgehead atoms. The van der Waals surface area contributed by atoms with Crippen molar-refractivity contribution < 1.29 is 9.53 Å². The second-order valence-corrected chi connectivity index (χ2v) is 4.42. The molecule has 0 atom stereocenters. The van der Waals surface area contributed by atoms with Gasteiger partial charge in [0.05, 0.1) is 0 Å². The molecule has 2 N–H and O–H groups in total. The fourth-order valence-corrected chi connectivity index (χ4v) is 1.55. The van der Waals surface area contributed by atoms with Crippen molar-refractivity contribution in [3.8, 4) is 5.75 Å². The molecule has 19 heavy (non-hydrogen) atoms. The smallest absolute Gasteiger partial charge is 0.221 e. The molecule has 4 heteroatoms. The Bertz CT molecular complexity index is 430. The summed E-state index contributed by atoms with van der Waals surface area (Å²) in [6.07, 6.45) is 1.10. The molecule has 1 aromatic carbocycles. The van der Waals surface area contributed by atoms with Crippen LogP contribution < -0.4 is 15.4 Å². The minimum absolute atomic E-state index is 0.0923. The van der Waals surface area contributed by atoms with E-state index in [1.165, 1.54) is 6.92 Å². The molecule has 0 aliphatic carbocycles. The molecule has 1 rings (SSSR count). The lowest BCUT2D eigenvalue weighted by Crippen LogP contribution is -2.20. The van der Waals surface area contributed by atoms with Gasteiger partial charge in [0.25, 0.3) is 0 Å². The highest BCUT2D eigenvalue weighted by atomic mass is 16.5. The number of amides is 1. The summed E-state index contributed by atoms with van der Waals surface area (Å²) in [5.41, 5.74) is 1.73. The standard InChI is InChI=1S/C15H22N2O2/c1-4-8-16-10-12(2)11-19-15-7-5-6-14(9-15)17-13(3)18/h5-7,9,16H,2,4,8,10-11H2,1,3H3,(H,17,18). The number of benzene rings is 1. The number of nitrogens with one attached hydrogen (secondary N) is 2. The largest absolute Gasteiger partial charge is 0.489 e. The zero-order valence-electron chi connectivity index (χ0n) is 11.7. The van der Waals surface area contributed by atoms with E-state index in [-0.39, 0.29) is 5.91 Å². The Morgan fingerprint density at radius 1 is 1.42 bits per heavy atom. The molecule has 0 aliphatic heterocycles. The molecule has 0 saturated carbocycles. The van der Waals surface area contributed by atoms with Gasteiger partial charge in [-0.1, -0.05) is 19.6 Å². The molecule has 1 amide bonds. The topological polar surface area (TPSA) is 50.4 Å². The monoisotopic (exact) mass is 262 g/mol. The molecule has 0 heterocycles. The molecule has 0 unspecified atom stereocenters. The molecule has 104 valence electrons. The third-order valence-corrected chi connectivity index (χ3v) is 2.40. The number of carbonyl (C=O) groups is 1. The Balaban J connectivity index is 2.40. The van der Waals surface area contributed by atoms with Gasteiger partial charge >= 0.3 is 0 Å². The Morgan fingerprint density at radius 2 is 2.21 bits per heavy atom. The first-order valence-electron chi connectivity index (χ1n) is 6.49. The molecule has 0 spiro atoms. The first-order chi connectivity index (χ1) is 9.11. The third kappa shape index (κ3) is 6.62. The maximum Gasteiger partial charge on any atom is 0.221 e. The van der Waals surface area contributed by atoms with Gasteiger partial charge in [-0.15, -0.1) is 0 Å². The van der Waals surface area contributed by atoms with Gasteiger partial charge in [-0.3, -0.25) is 4.79 Å². The number of hydrogen-bond acceptors (Lipinski definition) is 3. The predicted octanol–water partition coefficient (Wildman–Crippen LogP) is 2.58. The zero-order chi connectivity index (χ0) is 14.1. The van der Waals surface area contributed by atoms with Crippen molar-refractivity contribution in [3.63, 3.8) is 0 Å². The van der Waals surface area contributed by atoms with Crippen LogP contribution in [0.3, 0.4) is 0 Å². The van der Waals surface area contributed by atoms with Crippen molar-refractivity contribution in [2.24, 2.45) is 0 Å². The Labute approximate surface area is 114 Å². The van der Waals surface area contributed by atoms with Crippen LogP contribution in [0.2, 0.25) is 0 Å². The zero-order valence-corrected chi connectivity index (χ0v) is 11.7. The number of anilines is 1. The summed E-state index contributed by atoms with van der Waals surface area (Å²) in [5.74, 6) is 0.633. The minimum atomic E-state index is -0.0923. The summed E-state index contributed by atoms with van der Waals surface area (Å²) in [6.45, 7) is 9.78. The van der Waals surface area contributed by atoms with Crippen molar-refractivity contribution in [3.05, 3.63) is 36.4 Å². The van der Waals surface area contributed by atoms with E-state index in [1.54, 1.807) is 6.07 Å². The van der Waals surface area contributed by atoms with E-state index in [1.807, 2.05) is 18.2 Å². The number of hydrogen-bond donors (Lipinski definition) is 2. The first-order valence-corrected chi connectivity index (χ1v) is 6.49. The van der Waals surface area contributed by atoms with Crippen molar-refractivity contribution in [2.45, 2.75) is 20.3 Å². The SMILES string of the molecule is C=C(CNCCC)COc1cccc(NC(C)=O)c1. The molecule has 0 saturated heterocycles. The molecule has 0 aromatic heterocycles. The van der Waals surface area contributed by atoms with Crippen LogP contribution in [0.4, 0.5) is 5.69 Å². The number of carbonyl (C=O) groups excluding carboxylic acids is 1. The molecule has 1 aromatic rings. The highest BCUT2D eigenvalue weighted by molar-refractivity contribution is 5.88. The van der Waals surface area contributed by atoms with Crippen molar-refractivity contribution in [1.82, 2.24) is 5.32 Å². The molecule has 0 aliphatic rings. The summed E-state index contributed by atoms with van der Waals surface area (Å²) < 4.78 is 5.63. The molecule has 0 fully saturated rings. The molecular weight excluding hydrogens is 240 g/mol. The van der Waals surface area contributed by atoms with Gasteiger partial charge in [-0.2, -0.15) is 0 Å². The van der Waals surface area contributed by atoms with Crippen LogP contribution in [0.25, 0.3) is 0 Å². The van der Waals surface area contributed by atoms with Gasteiger partial charge in [0.2, 0.25) is 5.91 Å². The summed E-state index contributed by atoms with van der Waals surface area (Å²) in [5, 5.41) is 5.99. The average Bonchev–Trinajstić information content (AvgIpc) is 2.36. The average molecular weight is 262 g/mol. The molecular formula is C15H22N2O2. The number of ether oxygens (including phenoxy) is 1. The van der Waals surface area contributed by atoms with E-state index >= 15 is 0 Å². The third-order valence-electron chi connectivity index (χ3n) is 2.40. The summed E-state index contributed by atoms with van der Waals surface area (Å²) in [6, 6.07) is 7.33. The van der Waals surface area contributed by atoms with Crippen molar-refractivity contribution >= 4 is 11.6 Å². The van der Waals surface area contributed by atoms with E-state index in [2.05, 4.69) is 24.1 Å². The summed E-state index contributed by atoms with van der Waals surface area (Å²) in [4.78, 5) is 11.0. The second-order valence-electron chi connectivity index (χ2n) is 4.42. The lowest BCUT2D eigenvalue weighted by molar-refractivity contribution is -0.114. The fourth-order valence-electron chi connectivity index (χ4n) is 1.55. The Morgan fingerprint density at radius 3 is 2.89 bits per heavy atom. The van der Waals surface area contributed by atoms with Crippen LogP contribution in [0.15, 0.2) is 36.4 Å². The van der Waals surface area contributed by atoms with Gasteiger partial charge in [-0.05, 0) is 30.7 Å². The second kappa shape index (κ2) is 8.32. The van der Waals surface area contributed by atoms with E-state index in [0.717, 1.165) is 36.5 Å². The fraction of sp³-hybridized carbons (Fsp3) is 0.400. The highest BCUT2D eigenvalue weighted by Crippen LogP contribution is 2.17. The van der Waals surface area contributed by atoms with E-state index in [9.17, 15) is 4.79 Å². The maximum absolute atomic E-state index is 11.0. The molecule has 0 radical (unpaired) electrons. The highest BCUT2D eigenvalue weighted by Gasteiger charge is 2.00. The Kier molecular flexibility index (Phi) is 6.68. The quantitative estimate of drug-likeness (QED) is 0.559. The van der Waals surface area contributed by atoms with Gasteiger partial charge in [-0.25, -0.2) is 0 Å². The van der Waals surface area contributed by atoms with Crippen LogP contribution >= 0.6 is 0 Å². The van der Waals surface area contributed by atoms with E-state index in [0.29, 0.717) is 6.61 Å². The van der Waals surface area contributed by atoms with Crippen LogP contribution in [0.1, 0.15) is 20.3 Å². The van der Waals surface area contributed by atoms with Crippen LogP contribution in [-0.4, -0.2) is 25.6 Å². The van der Waals surface area contributed by atoms with E-state index < -0.39 is 0 Å². The van der Waals surface area contributed by atoms with Gasteiger partial charge < -0.3 is 15.4 Å². The summed E-state index contributed by atoms with van der Waals surface area (Å²) >= 11 is 0. The predicted molar refractivity (Wildman–Crippen MR) is 78.5 cm³/mol. The Hall–Kier alpha value is -1.81. The number of rotatable bonds is 8. The maximum atomic E-state index is 11.0. The molecule has 4 nitrogen and oxygen atoms in total. The van der Waals surface area contributed by atoms with Gasteiger partial charge in [0.1, 0.15) is 12.4 Å². The lowest BCUT2D eigenvalue weighted by Gasteiger charge is -2.10. The van der Waals surface area contributed by atoms with E-state index in [4.69, 9.17) is 4.74 Å².